The Hall–Kier alpha value is -2.11. The van der Waals surface area contributed by atoms with E-state index in [1.807, 2.05) is 24.3 Å². The van der Waals surface area contributed by atoms with E-state index in [2.05, 4.69) is 38.1 Å². The van der Waals surface area contributed by atoms with Crippen LogP contribution in [0, 0.1) is 6.92 Å². The van der Waals surface area contributed by atoms with Crippen LogP contribution >= 0.6 is 24.0 Å². The number of aryl methyl sites for hydroxylation is 1. The lowest BCUT2D eigenvalue weighted by molar-refractivity contribution is -0.122. The number of nitrogens with zero attached hydrogens (tertiary/aromatic N) is 1. The normalized spacial score (nSPS) is 20.3. The fourth-order valence-electron chi connectivity index (χ4n) is 3.56. The number of hydrogen-bond donors (Lipinski definition) is 0. The summed E-state index contributed by atoms with van der Waals surface area (Å²) < 4.78 is 6.51. The van der Waals surface area contributed by atoms with Gasteiger partial charge in [0.25, 0.3) is 5.91 Å². The van der Waals surface area contributed by atoms with Gasteiger partial charge in [0.1, 0.15) is 16.2 Å². The van der Waals surface area contributed by atoms with E-state index in [0.717, 1.165) is 29.7 Å². The molecule has 0 spiro atoms. The fourth-order valence-corrected chi connectivity index (χ4v) is 4.87. The highest BCUT2D eigenvalue weighted by atomic mass is 32.2. The van der Waals surface area contributed by atoms with E-state index < -0.39 is 0 Å². The average Bonchev–Trinajstić information content (AvgIpc) is 3.14. The molecule has 0 bridgehead atoms. The molecule has 0 saturated carbocycles. The second-order valence-electron chi connectivity index (χ2n) is 7.03. The number of amides is 1. The van der Waals surface area contributed by atoms with Crippen LogP contribution in [0.25, 0.3) is 6.08 Å². The van der Waals surface area contributed by atoms with Crippen molar-refractivity contribution in [1.29, 1.82) is 0 Å². The number of rotatable bonds is 4. The predicted octanol–water partition coefficient (Wildman–Crippen LogP) is 4.76. The minimum atomic E-state index is 0.00343. The molecule has 0 aliphatic carbocycles. The van der Waals surface area contributed by atoms with Crippen molar-refractivity contribution in [2.24, 2.45) is 0 Å². The third kappa shape index (κ3) is 3.80. The number of thiocarbonyl (C=S) groups is 1. The Kier molecular flexibility index (Phi) is 5.06. The molecule has 0 N–H and O–H groups in total. The summed E-state index contributed by atoms with van der Waals surface area (Å²) in [5.74, 6) is 0.999. The van der Waals surface area contributed by atoms with Gasteiger partial charge in [-0.15, -0.1) is 0 Å². The van der Waals surface area contributed by atoms with E-state index in [4.69, 9.17) is 17.0 Å². The summed E-state index contributed by atoms with van der Waals surface area (Å²) in [5.41, 5.74) is 4.57. The molecule has 5 heteroatoms. The summed E-state index contributed by atoms with van der Waals surface area (Å²) in [6.07, 6.45) is 3.88. The van der Waals surface area contributed by atoms with Gasteiger partial charge >= 0.3 is 0 Å². The number of carbonyl (C=O) groups is 1. The maximum Gasteiger partial charge on any atom is 0.266 e. The van der Waals surface area contributed by atoms with E-state index in [1.54, 1.807) is 4.90 Å². The second kappa shape index (κ2) is 7.49. The van der Waals surface area contributed by atoms with E-state index in [9.17, 15) is 4.79 Å². The zero-order valence-electron chi connectivity index (χ0n) is 15.4. The Balaban J connectivity index is 1.52. The fraction of sp³-hybridized carbons (Fsp3) is 0.273. The smallest absolute Gasteiger partial charge is 0.266 e. The van der Waals surface area contributed by atoms with Crippen LogP contribution in [0.15, 0.2) is 47.4 Å². The van der Waals surface area contributed by atoms with Crippen LogP contribution in [0.3, 0.4) is 0 Å². The minimum Gasteiger partial charge on any atom is -0.490 e. The molecule has 2 aliphatic heterocycles. The number of hydrogen-bond acceptors (Lipinski definition) is 4. The van der Waals surface area contributed by atoms with Crippen molar-refractivity contribution in [2.45, 2.75) is 32.8 Å². The van der Waals surface area contributed by atoms with Crippen LogP contribution in [0.1, 0.15) is 29.2 Å². The summed E-state index contributed by atoms with van der Waals surface area (Å²) in [5, 5.41) is 0. The molecule has 1 amide bonds. The third-order valence-corrected chi connectivity index (χ3v) is 6.22. The summed E-state index contributed by atoms with van der Waals surface area (Å²) in [6, 6.07) is 14.4. The molecular weight excluding hydrogens is 374 g/mol. The first-order valence-corrected chi connectivity index (χ1v) is 10.3. The zero-order valence-corrected chi connectivity index (χ0v) is 17.0. The molecule has 27 heavy (non-hydrogen) atoms. The maximum atomic E-state index is 12.8. The standard InChI is InChI=1S/C22H21NO2S2/c1-14-10-17(12-18-11-15(2)25-20(14)18)13-19-21(24)23(22(26)27-19)9-8-16-6-4-3-5-7-16/h3-7,10,12-13,15H,8-9,11H2,1-2H3/b19-13-. The highest BCUT2D eigenvalue weighted by Gasteiger charge is 2.32. The van der Waals surface area contributed by atoms with Gasteiger partial charge in [0, 0.05) is 13.0 Å². The van der Waals surface area contributed by atoms with Crippen LogP contribution in [0.5, 0.6) is 5.75 Å². The van der Waals surface area contributed by atoms with Gasteiger partial charge in [-0.25, -0.2) is 0 Å². The molecule has 0 aromatic heterocycles. The molecular formula is C22H21NO2S2. The van der Waals surface area contributed by atoms with Gasteiger partial charge in [-0.2, -0.15) is 0 Å². The Labute approximate surface area is 169 Å². The van der Waals surface area contributed by atoms with E-state index in [0.29, 0.717) is 15.8 Å². The number of fused-ring (bicyclic) bond motifs is 1. The van der Waals surface area contributed by atoms with Gasteiger partial charge in [0.15, 0.2) is 0 Å². The van der Waals surface area contributed by atoms with Gasteiger partial charge in [-0.3, -0.25) is 9.69 Å². The molecule has 0 radical (unpaired) electrons. The summed E-state index contributed by atoms with van der Waals surface area (Å²) in [6.45, 7) is 4.75. The van der Waals surface area contributed by atoms with E-state index >= 15 is 0 Å². The van der Waals surface area contributed by atoms with Crippen LogP contribution in [-0.2, 0) is 17.6 Å². The summed E-state index contributed by atoms with van der Waals surface area (Å²) in [4.78, 5) is 15.2. The Morgan fingerprint density at radius 2 is 2.07 bits per heavy atom. The van der Waals surface area contributed by atoms with Crippen molar-refractivity contribution in [3.63, 3.8) is 0 Å². The lowest BCUT2D eigenvalue weighted by Gasteiger charge is -2.14. The predicted molar refractivity (Wildman–Crippen MR) is 115 cm³/mol. The van der Waals surface area contributed by atoms with Crippen molar-refractivity contribution in [2.75, 3.05) is 6.54 Å². The highest BCUT2D eigenvalue weighted by Crippen LogP contribution is 2.36. The number of benzene rings is 2. The number of ether oxygens (including phenoxy) is 1. The monoisotopic (exact) mass is 395 g/mol. The lowest BCUT2D eigenvalue weighted by Crippen LogP contribution is -2.30. The zero-order chi connectivity index (χ0) is 19.0. The van der Waals surface area contributed by atoms with Crippen molar-refractivity contribution in [3.8, 4) is 5.75 Å². The van der Waals surface area contributed by atoms with E-state index in [1.165, 1.54) is 22.9 Å². The molecule has 1 unspecified atom stereocenters. The molecule has 2 aromatic rings. The largest absolute Gasteiger partial charge is 0.490 e. The molecule has 4 rings (SSSR count). The van der Waals surface area contributed by atoms with Crippen molar-refractivity contribution < 1.29 is 9.53 Å². The minimum absolute atomic E-state index is 0.00343. The number of thioether (sulfide) groups is 1. The first-order chi connectivity index (χ1) is 13.0. The molecule has 2 aliphatic rings. The topological polar surface area (TPSA) is 29.5 Å². The SMILES string of the molecule is Cc1cc(/C=C2\SC(=S)N(CCc3ccccc3)C2=O)cc2c1OC(C)C2. The Bertz CT molecular complexity index is 937. The third-order valence-electron chi connectivity index (χ3n) is 4.84. The molecule has 2 heterocycles. The average molecular weight is 396 g/mol. The van der Waals surface area contributed by atoms with Crippen LogP contribution < -0.4 is 4.74 Å². The first-order valence-electron chi connectivity index (χ1n) is 9.11. The second-order valence-corrected chi connectivity index (χ2v) is 8.70. The maximum absolute atomic E-state index is 12.8. The highest BCUT2D eigenvalue weighted by molar-refractivity contribution is 8.26. The van der Waals surface area contributed by atoms with Crippen molar-refractivity contribution >= 4 is 40.3 Å². The van der Waals surface area contributed by atoms with Crippen LogP contribution in [0.4, 0.5) is 0 Å². The van der Waals surface area contributed by atoms with Gasteiger partial charge in [0.05, 0.1) is 4.91 Å². The van der Waals surface area contributed by atoms with E-state index in [-0.39, 0.29) is 12.0 Å². The molecule has 138 valence electrons. The lowest BCUT2D eigenvalue weighted by atomic mass is 10.0. The number of carbonyl (C=O) groups excluding carboxylic acids is 1. The Morgan fingerprint density at radius 3 is 2.85 bits per heavy atom. The summed E-state index contributed by atoms with van der Waals surface area (Å²) >= 11 is 6.84. The Morgan fingerprint density at radius 1 is 1.30 bits per heavy atom. The summed E-state index contributed by atoms with van der Waals surface area (Å²) in [7, 11) is 0. The van der Waals surface area contributed by atoms with Gasteiger partial charge in [-0.1, -0.05) is 54.3 Å². The molecule has 1 fully saturated rings. The molecule has 3 nitrogen and oxygen atoms in total. The van der Waals surface area contributed by atoms with Crippen molar-refractivity contribution in [3.05, 3.63) is 69.6 Å². The molecule has 1 atom stereocenters. The van der Waals surface area contributed by atoms with Gasteiger partial charge < -0.3 is 4.74 Å². The first kappa shape index (κ1) is 18.3. The van der Waals surface area contributed by atoms with Crippen LogP contribution in [-0.4, -0.2) is 27.8 Å². The van der Waals surface area contributed by atoms with Gasteiger partial charge in [0.2, 0.25) is 0 Å². The molecule has 2 aromatic carbocycles. The van der Waals surface area contributed by atoms with Gasteiger partial charge in [-0.05, 0) is 60.7 Å². The molecule has 1 saturated heterocycles. The van der Waals surface area contributed by atoms with Crippen LogP contribution in [0.2, 0.25) is 0 Å². The van der Waals surface area contributed by atoms with Crippen molar-refractivity contribution in [1.82, 2.24) is 4.90 Å². The quantitative estimate of drug-likeness (QED) is 0.551.